The van der Waals surface area contributed by atoms with Gasteiger partial charge in [-0.2, -0.15) is 0 Å². The van der Waals surface area contributed by atoms with E-state index in [-0.39, 0.29) is 28.4 Å². The highest BCUT2D eigenvalue weighted by atomic mass is 15.2. The highest BCUT2D eigenvalue weighted by Crippen LogP contribution is 2.50. The van der Waals surface area contributed by atoms with Crippen LogP contribution in [0, 0.1) is 12.3 Å². The molecule has 0 amide bonds. The van der Waals surface area contributed by atoms with Crippen LogP contribution in [0.25, 0.3) is 33.4 Å². The zero-order valence-electron chi connectivity index (χ0n) is 45.5. The maximum Gasteiger partial charge on any atom is 0.252 e. The highest BCUT2D eigenvalue weighted by Gasteiger charge is 2.45. The summed E-state index contributed by atoms with van der Waals surface area (Å²) in [6.45, 7) is 22.7. The van der Waals surface area contributed by atoms with Crippen LogP contribution >= 0.6 is 0 Å². The van der Waals surface area contributed by atoms with E-state index < -0.39 is 6.85 Å². The van der Waals surface area contributed by atoms with Gasteiger partial charge in [0, 0.05) is 38.1 Å². The van der Waals surface area contributed by atoms with E-state index >= 15 is 0 Å². The second-order valence-corrected chi connectivity index (χ2v) is 24.1. The normalized spacial score (nSPS) is 15.7. The molecular formula is C66H67BN2. The lowest BCUT2D eigenvalue weighted by molar-refractivity contribution is 0.392. The number of fused-ring (bicyclic) bond motifs is 5. The van der Waals surface area contributed by atoms with E-state index in [2.05, 4.69) is 238 Å². The van der Waals surface area contributed by atoms with Gasteiger partial charge in [-0.05, 0) is 186 Å². The van der Waals surface area contributed by atoms with Gasteiger partial charge in [-0.3, -0.25) is 0 Å². The molecule has 3 heteroatoms. The van der Waals surface area contributed by atoms with Crippen LogP contribution in [0.15, 0.2) is 164 Å². The molecule has 8 aromatic carbocycles. The Morgan fingerprint density at radius 3 is 1.49 bits per heavy atom. The van der Waals surface area contributed by atoms with Gasteiger partial charge in [0.15, 0.2) is 0 Å². The molecule has 8 aromatic rings. The van der Waals surface area contributed by atoms with E-state index in [9.17, 15) is 4.11 Å². The first-order valence-electron chi connectivity index (χ1n) is 26.5. The average molecular weight is 902 g/mol. The first-order valence-corrected chi connectivity index (χ1v) is 25.0. The van der Waals surface area contributed by atoms with E-state index in [4.69, 9.17) is 0 Å². The number of hydrogen-bond donors (Lipinski definition) is 0. The molecule has 0 bridgehead atoms. The SMILES string of the molecule is [2H]C([2H])([2H])c1cc2c3c(c1)N(c1ccc(C(C)(C)C)cc1-c1cc(-c4ccccc4)cc(-c4ccccc4)c1)c1cc4c(cc1B3c1cc(C(C)(C)C)ccc1N2c1ccc(C(C)(C)C)cc1)CC(C)(C)C4. The Kier molecular flexibility index (Phi) is 9.60. The van der Waals surface area contributed by atoms with Crippen molar-refractivity contribution in [2.45, 2.75) is 112 Å². The number of rotatable bonds is 5. The van der Waals surface area contributed by atoms with Gasteiger partial charge in [0.2, 0.25) is 0 Å². The predicted molar refractivity (Wildman–Crippen MR) is 299 cm³/mol. The van der Waals surface area contributed by atoms with Gasteiger partial charge in [0.1, 0.15) is 0 Å². The Labute approximate surface area is 417 Å². The zero-order valence-corrected chi connectivity index (χ0v) is 42.5. The van der Waals surface area contributed by atoms with Gasteiger partial charge in [-0.25, -0.2) is 0 Å². The van der Waals surface area contributed by atoms with Crippen molar-refractivity contribution in [3.63, 3.8) is 0 Å². The largest absolute Gasteiger partial charge is 0.311 e. The molecule has 3 aliphatic rings. The molecule has 0 unspecified atom stereocenters. The molecule has 0 spiro atoms. The lowest BCUT2D eigenvalue weighted by Crippen LogP contribution is -2.61. The van der Waals surface area contributed by atoms with Gasteiger partial charge >= 0.3 is 0 Å². The highest BCUT2D eigenvalue weighted by molar-refractivity contribution is 7.00. The molecule has 2 heterocycles. The van der Waals surface area contributed by atoms with Crippen LogP contribution in [-0.2, 0) is 29.1 Å². The standard InChI is InChI=1S/C66H67BN2/c1-42-31-60-62-61(32-42)69(57-29-25-51(64(5,6)7)38-54(57)47-34-45(43-19-15-13-16-20-43)33-46(35-47)44-21-17-14-18-22-44)59-37-49-41-66(11,12)40-48(49)36-55(59)67(62)56-39-52(65(8,9)10)26-30-58(56)68(60)53-27-23-50(24-28-53)63(2,3)4/h13-39H,40-41H2,1-12H3/i1D3. The summed E-state index contributed by atoms with van der Waals surface area (Å²) >= 11 is 0. The number of aryl methyl sites for hydroxylation is 1. The Morgan fingerprint density at radius 2 is 0.928 bits per heavy atom. The summed E-state index contributed by atoms with van der Waals surface area (Å²) in [4.78, 5) is 4.82. The van der Waals surface area contributed by atoms with E-state index in [0.29, 0.717) is 5.56 Å². The van der Waals surface area contributed by atoms with Crippen LogP contribution in [0.5, 0.6) is 0 Å². The van der Waals surface area contributed by atoms with Gasteiger partial charge in [-0.15, -0.1) is 0 Å². The third kappa shape index (κ3) is 7.93. The molecule has 1 aliphatic carbocycles. The minimum Gasteiger partial charge on any atom is -0.311 e. The first-order chi connectivity index (χ1) is 33.9. The third-order valence-corrected chi connectivity index (χ3v) is 15.1. The van der Waals surface area contributed by atoms with E-state index in [1.54, 1.807) is 0 Å². The Bertz CT molecular complexity index is 3360. The molecule has 2 nitrogen and oxygen atoms in total. The molecule has 0 N–H and O–H groups in total. The topological polar surface area (TPSA) is 6.48 Å². The van der Waals surface area contributed by atoms with Crippen LogP contribution < -0.4 is 26.2 Å². The molecule has 0 atom stereocenters. The number of anilines is 6. The summed E-state index contributed by atoms with van der Waals surface area (Å²) in [5, 5.41) is 0. The Balaban J connectivity index is 1.27. The van der Waals surface area contributed by atoms with Crippen molar-refractivity contribution in [1.82, 2.24) is 0 Å². The fraction of sp³-hybridized carbons (Fsp3) is 0.273. The summed E-state index contributed by atoms with van der Waals surface area (Å²) in [5.41, 5.74) is 23.1. The summed E-state index contributed by atoms with van der Waals surface area (Å²) in [7, 11) is 0. The molecule has 0 radical (unpaired) electrons. The lowest BCUT2D eigenvalue weighted by Gasteiger charge is -2.45. The van der Waals surface area contributed by atoms with Crippen molar-refractivity contribution >= 4 is 57.2 Å². The maximum atomic E-state index is 9.18. The smallest absolute Gasteiger partial charge is 0.252 e. The third-order valence-electron chi connectivity index (χ3n) is 15.1. The van der Waals surface area contributed by atoms with Crippen molar-refractivity contribution in [3.8, 4) is 33.4 Å². The van der Waals surface area contributed by atoms with Crippen LogP contribution in [0.2, 0.25) is 0 Å². The van der Waals surface area contributed by atoms with Crippen molar-refractivity contribution < 1.29 is 4.11 Å². The van der Waals surface area contributed by atoms with Gasteiger partial charge in [0.25, 0.3) is 6.71 Å². The summed E-state index contributed by atoms with van der Waals surface area (Å²) in [6, 6.07) is 60.4. The van der Waals surface area contributed by atoms with Crippen LogP contribution in [0.1, 0.15) is 114 Å². The molecule has 0 aromatic heterocycles. The fourth-order valence-corrected chi connectivity index (χ4v) is 11.5. The maximum absolute atomic E-state index is 9.18. The molecule has 0 saturated heterocycles. The second kappa shape index (κ2) is 16.0. The quantitative estimate of drug-likeness (QED) is 0.159. The molecule has 0 saturated carbocycles. The second-order valence-electron chi connectivity index (χ2n) is 24.1. The summed E-state index contributed by atoms with van der Waals surface area (Å²) in [6.07, 6.45) is 1.97. The van der Waals surface area contributed by atoms with Gasteiger partial charge < -0.3 is 9.80 Å². The van der Waals surface area contributed by atoms with E-state index in [1.165, 1.54) is 38.7 Å². The van der Waals surface area contributed by atoms with Crippen molar-refractivity contribution in [1.29, 1.82) is 0 Å². The van der Waals surface area contributed by atoms with Crippen LogP contribution in [-0.4, -0.2) is 6.71 Å². The van der Waals surface area contributed by atoms with Gasteiger partial charge in [-0.1, -0.05) is 173 Å². The molecule has 2 aliphatic heterocycles. The Morgan fingerprint density at radius 1 is 0.435 bits per heavy atom. The average Bonchev–Trinajstić information content (AvgIpc) is 3.64. The monoisotopic (exact) mass is 902 g/mol. The van der Waals surface area contributed by atoms with E-state index in [0.717, 1.165) is 85.8 Å². The van der Waals surface area contributed by atoms with Crippen molar-refractivity contribution in [2.75, 3.05) is 9.80 Å². The molecule has 344 valence electrons. The number of benzene rings is 8. The fourth-order valence-electron chi connectivity index (χ4n) is 11.5. The zero-order chi connectivity index (χ0) is 50.9. The number of nitrogens with zero attached hydrogens (tertiary/aromatic N) is 2. The molecule has 69 heavy (non-hydrogen) atoms. The summed E-state index contributed by atoms with van der Waals surface area (Å²) in [5.74, 6) is 0. The van der Waals surface area contributed by atoms with Crippen molar-refractivity contribution in [2.24, 2.45) is 5.41 Å². The number of hydrogen-bond acceptors (Lipinski definition) is 2. The van der Waals surface area contributed by atoms with E-state index in [1.807, 2.05) is 12.1 Å². The lowest BCUT2D eigenvalue weighted by atomic mass is 9.33. The van der Waals surface area contributed by atoms with Crippen LogP contribution in [0.4, 0.5) is 34.1 Å². The minimum atomic E-state index is -2.39. The minimum absolute atomic E-state index is 0.0346. The Hall–Kier alpha value is -6.58. The molecule has 11 rings (SSSR count). The van der Waals surface area contributed by atoms with Crippen LogP contribution in [0.3, 0.4) is 0 Å². The molecule has 0 fully saturated rings. The van der Waals surface area contributed by atoms with Gasteiger partial charge in [0.05, 0.1) is 5.69 Å². The van der Waals surface area contributed by atoms with Crippen molar-refractivity contribution in [3.05, 3.63) is 197 Å². The predicted octanol–water partition coefficient (Wildman–Crippen LogP) is 16.1. The molecular weight excluding hydrogens is 832 g/mol. The first kappa shape index (κ1) is 41.4. The summed E-state index contributed by atoms with van der Waals surface area (Å²) < 4.78 is 27.5.